The Kier molecular flexibility index (Phi) is 4.20. The standard InChI is InChI=1S/C10H10INS3/c1-6(2)7-3-8-10(13-5-12-8)4-9(7)14-15-11/h3-6H,1-2H3. The molecule has 80 valence electrons. The lowest BCUT2D eigenvalue weighted by Crippen LogP contribution is -1.90. The Balaban J connectivity index is 2.57. The van der Waals surface area contributed by atoms with E-state index in [-0.39, 0.29) is 0 Å². The number of aromatic nitrogens is 1. The van der Waals surface area contributed by atoms with Crippen LogP contribution in [-0.4, -0.2) is 4.98 Å². The first kappa shape index (κ1) is 12.0. The molecular weight excluding hydrogens is 357 g/mol. The van der Waals surface area contributed by atoms with E-state index in [1.807, 2.05) is 16.3 Å². The predicted molar refractivity (Wildman–Crippen MR) is 81.2 cm³/mol. The molecule has 0 unspecified atom stereocenters. The lowest BCUT2D eigenvalue weighted by Gasteiger charge is -2.10. The lowest BCUT2D eigenvalue weighted by atomic mass is 10.0. The molecule has 1 aromatic heterocycles. The minimum Gasteiger partial charge on any atom is -0.245 e. The minimum atomic E-state index is 0.558. The van der Waals surface area contributed by atoms with Crippen LogP contribution in [0.5, 0.6) is 0 Å². The van der Waals surface area contributed by atoms with E-state index in [0.717, 1.165) is 5.52 Å². The van der Waals surface area contributed by atoms with Crippen LogP contribution in [0.1, 0.15) is 25.3 Å². The third kappa shape index (κ3) is 2.62. The molecule has 0 saturated carbocycles. The SMILES string of the molecule is CC(C)c1cc2ncsc2cc1SSI. The summed E-state index contributed by atoms with van der Waals surface area (Å²) < 4.78 is 1.28. The topological polar surface area (TPSA) is 12.9 Å². The second-order valence-electron chi connectivity index (χ2n) is 3.51. The van der Waals surface area contributed by atoms with E-state index in [4.69, 9.17) is 0 Å². The van der Waals surface area contributed by atoms with Gasteiger partial charge in [0.2, 0.25) is 0 Å². The summed E-state index contributed by atoms with van der Waals surface area (Å²) in [7, 11) is 3.60. The van der Waals surface area contributed by atoms with Gasteiger partial charge in [-0.3, -0.25) is 0 Å². The fraction of sp³-hybridized carbons (Fsp3) is 0.300. The van der Waals surface area contributed by atoms with Crippen LogP contribution in [0, 0.1) is 0 Å². The predicted octanol–water partition coefficient (Wildman–Crippen LogP) is 5.51. The highest BCUT2D eigenvalue weighted by molar-refractivity contribution is 14.2. The van der Waals surface area contributed by atoms with Gasteiger partial charge in [0.15, 0.2) is 0 Å². The van der Waals surface area contributed by atoms with E-state index in [1.165, 1.54) is 15.2 Å². The number of halogens is 1. The molecule has 1 nitrogen and oxygen atoms in total. The Hall–Kier alpha value is 0.540. The molecule has 0 spiro atoms. The summed E-state index contributed by atoms with van der Waals surface area (Å²) in [5.74, 6) is 0.558. The quantitative estimate of drug-likeness (QED) is 0.524. The maximum Gasteiger partial charge on any atom is 0.0815 e. The maximum absolute atomic E-state index is 4.36. The molecule has 0 radical (unpaired) electrons. The smallest absolute Gasteiger partial charge is 0.0815 e. The second-order valence-corrected chi connectivity index (χ2v) is 9.24. The van der Waals surface area contributed by atoms with Crippen molar-refractivity contribution in [1.29, 1.82) is 0 Å². The molecule has 0 aliphatic rings. The molecule has 1 aromatic carbocycles. The summed E-state index contributed by atoms with van der Waals surface area (Å²) in [6.45, 7) is 4.46. The van der Waals surface area contributed by atoms with Crippen molar-refractivity contribution in [3.05, 3.63) is 23.2 Å². The summed E-state index contributed by atoms with van der Waals surface area (Å²) >= 11 is 4.03. The average molecular weight is 367 g/mol. The number of rotatable bonds is 3. The highest BCUT2D eigenvalue weighted by atomic mass is 127. The molecule has 0 saturated heterocycles. The Bertz CT molecular complexity index is 467. The van der Waals surface area contributed by atoms with E-state index in [0.29, 0.717) is 5.92 Å². The molecule has 0 atom stereocenters. The van der Waals surface area contributed by atoms with Gasteiger partial charge in [-0.2, -0.15) is 0 Å². The molecule has 2 aromatic rings. The summed E-state index contributed by atoms with van der Waals surface area (Å²) in [5.41, 5.74) is 4.45. The van der Waals surface area contributed by atoms with Crippen LogP contribution in [0.4, 0.5) is 0 Å². The summed E-state index contributed by atoms with van der Waals surface area (Å²) in [6.07, 6.45) is 0. The van der Waals surface area contributed by atoms with Crippen LogP contribution in [0.25, 0.3) is 10.2 Å². The highest BCUT2D eigenvalue weighted by Crippen LogP contribution is 2.42. The van der Waals surface area contributed by atoms with Crippen molar-refractivity contribution < 1.29 is 0 Å². The van der Waals surface area contributed by atoms with Crippen LogP contribution < -0.4 is 0 Å². The number of hydrogen-bond acceptors (Lipinski definition) is 4. The van der Waals surface area contributed by atoms with Gasteiger partial charge in [-0.25, -0.2) is 4.98 Å². The van der Waals surface area contributed by atoms with Gasteiger partial charge in [0, 0.05) is 26.1 Å². The number of thiazole rings is 1. The van der Waals surface area contributed by atoms with Gasteiger partial charge >= 0.3 is 0 Å². The van der Waals surface area contributed by atoms with Crippen molar-refractivity contribution in [3.63, 3.8) is 0 Å². The molecule has 0 N–H and O–H groups in total. The maximum atomic E-state index is 4.36. The minimum absolute atomic E-state index is 0.558. The number of fused-ring (bicyclic) bond motifs is 1. The molecule has 5 heteroatoms. The van der Waals surface area contributed by atoms with Crippen molar-refractivity contribution in [2.24, 2.45) is 0 Å². The van der Waals surface area contributed by atoms with Crippen molar-refractivity contribution in [3.8, 4) is 0 Å². The highest BCUT2D eigenvalue weighted by Gasteiger charge is 2.10. The van der Waals surface area contributed by atoms with Gasteiger partial charge < -0.3 is 0 Å². The molecular formula is C10H10INS3. The van der Waals surface area contributed by atoms with Crippen LogP contribution in [0.3, 0.4) is 0 Å². The van der Waals surface area contributed by atoms with Gasteiger partial charge in [-0.15, -0.1) is 11.3 Å². The Morgan fingerprint density at radius 3 is 2.87 bits per heavy atom. The van der Waals surface area contributed by atoms with Crippen LogP contribution in [0.15, 0.2) is 22.5 Å². The van der Waals surface area contributed by atoms with E-state index >= 15 is 0 Å². The number of nitrogens with zero attached hydrogens (tertiary/aromatic N) is 1. The van der Waals surface area contributed by atoms with E-state index in [9.17, 15) is 0 Å². The molecule has 0 bridgehead atoms. The normalized spacial score (nSPS) is 11.5. The van der Waals surface area contributed by atoms with Crippen LogP contribution in [0.2, 0.25) is 0 Å². The van der Waals surface area contributed by atoms with Gasteiger partial charge in [0.05, 0.1) is 15.7 Å². The fourth-order valence-corrected chi connectivity index (χ4v) is 5.24. The first-order chi connectivity index (χ1) is 7.22. The Labute approximate surface area is 113 Å². The van der Waals surface area contributed by atoms with Gasteiger partial charge in [-0.1, -0.05) is 13.8 Å². The molecule has 0 aliphatic carbocycles. The second kappa shape index (κ2) is 5.25. The van der Waals surface area contributed by atoms with Crippen molar-refractivity contribution >= 4 is 61.5 Å². The van der Waals surface area contributed by atoms with Gasteiger partial charge in [-0.05, 0) is 42.4 Å². The Morgan fingerprint density at radius 1 is 1.40 bits per heavy atom. The van der Waals surface area contributed by atoms with E-state index < -0.39 is 0 Å². The molecule has 0 amide bonds. The summed E-state index contributed by atoms with van der Waals surface area (Å²) in [6, 6.07) is 4.49. The third-order valence-electron chi connectivity index (χ3n) is 2.21. The Morgan fingerprint density at radius 2 is 2.20 bits per heavy atom. The van der Waals surface area contributed by atoms with Crippen molar-refractivity contribution in [1.82, 2.24) is 4.98 Å². The van der Waals surface area contributed by atoms with Gasteiger partial charge in [0.1, 0.15) is 0 Å². The third-order valence-corrected chi connectivity index (χ3v) is 5.94. The fourth-order valence-electron chi connectivity index (χ4n) is 1.46. The summed E-state index contributed by atoms with van der Waals surface area (Å²) in [4.78, 5) is 5.74. The van der Waals surface area contributed by atoms with Gasteiger partial charge in [0.25, 0.3) is 0 Å². The zero-order chi connectivity index (χ0) is 10.8. The van der Waals surface area contributed by atoms with E-state index in [1.54, 1.807) is 19.3 Å². The molecule has 1 heterocycles. The first-order valence-corrected chi connectivity index (χ1v) is 10.1. The molecule has 0 aliphatic heterocycles. The van der Waals surface area contributed by atoms with Crippen LogP contribution in [-0.2, 0) is 0 Å². The molecule has 0 fully saturated rings. The van der Waals surface area contributed by atoms with Crippen LogP contribution >= 0.6 is 51.3 Å². The largest absolute Gasteiger partial charge is 0.245 e. The summed E-state index contributed by atoms with van der Waals surface area (Å²) in [5, 5.41) is 0. The number of hydrogen-bond donors (Lipinski definition) is 0. The number of benzene rings is 1. The van der Waals surface area contributed by atoms with Crippen molar-refractivity contribution in [2.45, 2.75) is 24.7 Å². The lowest BCUT2D eigenvalue weighted by molar-refractivity contribution is 0.845. The van der Waals surface area contributed by atoms with Crippen molar-refractivity contribution in [2.75, 3.05) is 0 Å². The first-order valence-electron chi connectivity index (χ1n) is 4.54. The molecule has 15 heavy (non-hydrogen) atoms. The molecule has 2 rings (SSSR count). The zero-order valence-corrected chi connectivity index (χ0v) is 13.0. The zero-order valence-electron chi connectivity index (χ0n) is 8.36. The monoisotopic (exact) mass is 367 g/mol. The average Bonchev–Trinajstić information content (AvgIpc) is 2.63. The van der Waals surface area contributed by atoms with E-state index in [2.05, 4.69) is 52.2 Å².